The second kappa shape index (κ2) is 5.83. The standard InChI is InChI=1S/C15H28OP/c1-13(16)17(2,14-9-5-3-6-10-14)15-11-7-4-8-12-15/h14-15H,3-12H2,1-2H3/q+1. The van der Waals surface area contributed by atoms with Crippen LogP contribution in [0.15, 0.2) is 0 Å². The molecule has 1 nitrogen and oxygen atoms in total. The first-order valence-electron chi connectivity index (χ1n) is 7.52. The third-order valence-corrected chi connectivity index (χ3v) is 10.8. The molecule has 0 aliphatic heterocycles. The van der Waals surface area contributed by atoms with Gasteiger partial charge in [0.25, 0.3) is 5.52 Å². The highest BCUT2D eigenvalue weighted by molar-refractivity contribution is 7.91. The Bertz CT molecular complexity index is 244. The summed E-state index contributed by atoms with van der Waals surface area (Å²) in [6, 6.07) is 0. The van der Waals surface area contributed by atoms with Crippen LogP contribution in [-0.4, -0.2) is 23.5 Å². The normalized spacial score (nSPS) is 24.8. The van der Waals surface area contributed by atoms with Gasteiger partial charge in [0.15, 0.2) is 0 Å². The molecule has 0 aromatic rings. The first-order valence-corrected chi connectivity index (χ1v) is 9.90. The lowest BCUT2D eigenvalue weighted by molar-refractivity contribution is -0.110. The summed E-state index contributed by atoms with van der Waals surface area (Å²) in [6.07, 6.45) is 13.7. The van der Waals surface area contributed by atoms with Gasteiger partial charge in [0.1, 0.15) is 0 Å². The predicted molar refractivity (Wildman–Crippen MR) is 77.3 cm³/mol. The molecule has 2 aliphatic carbocycles. The Morgan fingerprint density at radius 3 is 1.47 bits per heavy atom. The Morgan fingerprint density at radius 1 is 0.824 bits per heavy atom. The van der Waals surface area contributed by atoms with Gasteiger partial charge in [-0.2, -0.15) is 0 Å². The Balaban J connectivity index is 2.14. The Hall–Kier alpha value is 0.100. The largest absolute Gasteiger partial charge is 0.265 e. The van der Waals surface area contributed by atoms with Gasteiger partial charge in [-0.3, -0.25) is 4.79 Å². The lowest BCUT2D eigenvalue weighted by Gasteiger charge is -2.38. The highest BCUT2D eigenvalue weighted by Gasteiger charge is 2.52. The Labute approximate surface area is 107 Å². The SMILES string of the molecule is CC(=O)[P+](C)(C1CCCCC1)C1CCCCC1. The van der Waals surface area contributed by atoms with Crippen molar-refractivity contribution < 1.29 is 4.79 Å². The molecular formula is C15H28OP+. The summed E-state index contributed by atoms with van der Waals surface area (Å²) in [4.78, 5) is 12.3. The molecular weight excluding hydrogens is 227 g/mol. The lowest BCUT2D eigenvalue weighted by atomic mass is 9.99. The van der Waals surface area contributed by atoms with Crippen LogP contribution < -0.4 is 0 Å². The molecule has 0 atom stereocenters. The molecule has 0 radical (unpaired) electrons. The maximum absolute atomic E-state index is 12.3. The molecule has 98 valence electrons. The van der Waals surface area contributed by atoms with E-state index in [4.69, 9.17) is 0 Å². The quantitative estimate of drug-likeness (QED) is 0.659. The van der Waals surface area contributed by atoms with Crippen LogP contribution in [0.4, 0.5) is 0 Å². The summed E-state index contributed by atoms with van der Waals surface area (Å²) in [7, 11) is -1.33. The van der Waals surface area contributed by atoms with Crippen LogP contribution >= 0.6 is 7.26 Å². The second-order valence-electron chi connectivity index (χ2n) is 6.25. The van der Waals surface area contributed by atoms with E-state index in [1.54, 1.807) is 0 Å². The molecule has 0 saturated heterocycles. The van der Waals surface area contributed by atoms with E-state index in [0.29, 0.717) is 5.52 Å². The van der Waals surface area contributed by atoms with E-state index < -0.39 is 7.26 Å². The second-order valence-corrected chi connectivity index (χ2v) is 10.6. The molecule has 0 N–H and O–H groups in total. The molecule has 0 unspecified atom stereocenters. The van der Waals surface area contributed by atoms with Crippen molar-refractivity contribution in [3.8, 4) is 0 Å². The first-order chi connectivity index (χ1) is 8.15. The molecule has 17 heavy (non-hydrogen) atoms. The van der Waals surface area contributed by atoms with Crippen molar-refractivity contribution in [3.05, 3.63) is 0 Å². The van der Waals surface area contributed by atoms with Gasteiger partial charge >= 0.3 is 0 Å². The number of hydrogen-bond acceptors (Lipinski definition) is 1. The molecule has 0 aromatic carbocycles. The summed E-state index contributed by atoms with van der Waals surface area (Å²) in [5.74, 6) is 0. The highest BCUT2D eigenvalue weighted by Crippen LogP contribution is 2.70. The zero-order valence-electron chi connectivity index (χ0n) is 11.6. The molecule has 0 amide bonds. The molecule has 2 heteroatoms. The average Bonchev–Trinajstić information content (AvgIpc) is 2.39. The smallest absolute Gasteiger partial charge is 0.254 e. The number of rotatable bonds is 3. The van der Waals surface area contributed by atoms with Gasteiger partial charge in [0.2, 0.25) is 0 Å². The van der Waals surface area contributed by atoms with Crippen molar-refractivity contribution in [1.82, 2.24) is 0 Å². The zero-order valence-corrected chi connectivity index (χ0v) is 12.5. The van der Waals surface area contributed by atoms with E-state index in [0.717, 1.165) is 11.3 Å². The van der Waals surface area contributed by atoms with Crippen LogP contribution in [0, 0.1) is 0 Å². The fraction of sp³-hybridized carbons (Fsp3) is 0.933. The van der Waals surface area contributed by atoms with Gasteiger partial charge in [-0.1, -0.05) is 12.8 Å². The average molecular weight is 255 g/mol. The van der Waals surface area contributed by atoms with E-state index in [-0.39, 0.29) is 0 Å². The number of carbonyl (C=O) groups is 1. The first kappa shape index (κ1) is 13.5. The summed E-state index contributed by atoms with van der Waals surface area (Å²) < 4.78 is 0. The van der Waals surface area contributed by atoms with Crippen molar-refractivity contribution in [2.24, 2.45) is 0 Å². The molecule has 0 spiro atoms. The van der Waals surface area contributed by atoms with E-state index in [2.05, 4.69) is 6.66 Å². The Morgan fingerprint density at radius 2 is 1.18 bits per heavy atom. The minimum atomic E-state index is -1.33. The van der Waals surface area contributed by atoms with Gasteiger partial charge in [-0.15, -0.1) is 0 Å². The minimum absolute atomic E-state index is 0.580. The molecule has 2 saturated carbocycles. The van der Waals surface area contributed by atoms with Crippen LogP contribution in [0.5, 0.6) is 0 Å². The number of carbonyl (C=O) groups excluding carboxylic acids is 1. The number of hydrogen-bond donors (Lipinski definition) is 0. The van der Waals surface area contributed by atoms with E-state index in [1.165, 1.54) is 64.2 Å². The molecule has 2 rings (SSSR count). The van der Waals surface area contributed by atoms with Crippen LogP contribution in [0.2, 0.25) is 0 Å². The van der Waals surface area contributed by atoms with E-state index >= 15 is 0 Å². The van der Waals surface area contributed by atoms with Gasteiger partial charge in [-0.05, 0) is 51.4 Å². The van der Waals surface area contributed by atoms with Gasteiger partial charge in [0.05, 0.1) is 25.2 Å². The van der Waals surface area contributed by atoms with E-state index in [9.17, 15) is 4.79 Å². The summed E-state index contributed by atoms with van der Waals surface area (Å²) in [5.41, 5.74) is 2.16. The molecule has 0 heterocycles. The summed E-state index contributed by atoms with van der Waals surface area (Å²) in [6.45, 7) is 4.30. The molecule has 2 aliphatic rings. The van der Waals surface area contributed by atoms with Crippen LogP contribution in [-0.2, 0) is 4.79 Å². The third-order valence-electron chi connectivity index (χ3n) is 5.34. The Kier molecular flexibility index (Phi) is 4.64. The van der Waals surface area contributed by atoms with Crippen molar-refractivity contribution in [2.75, 3.05) is 6.66 Å². The van der Waals surface area contributed by atoms with Gasteiger partial charge in [0, 0.05) is 6.92 Å². The summed E-state index contributed by atoms with van der Waals surface area (Å²) >= 11 is 0. The topological polar surface area (TPSA) is 17.1 Å². The molecule has 0 aromatic heterocycles. The van der Waals surface area contributed by atoms with Crippen molar-refractivity contribution in [2.45, 2.75) is 82.4 Å². The minimum Gasteiger partial charge on any atom is -0.254 e. The zero-order chi connectivity index (χ0) is 12.3. The van der Waals surface area contributed by atoms with Gasteiger partial charge in [-0.25, -0.2) is 0 Å². The van der Waals surface area contributed by atoms with E-state index in [1.807, 2.05) is 6.92 Å². The fourth-order valence-corrected chi connectivity index (χ4v) is 8.55. The van der Waals surface area contributed by atoms with Crippen LogP contribution in [0.1, 0.15) is 71.1 Å². The predicted octanol–water partition coefficient (Wildman–Crippen LogP) is 4.85. The van der Waals surface area contributed by atoms with Crippen molar-refractivity contribution in [3.63, 3.8) is 0 Å². The van der Waals surface area contributed by atoms with Crippen molar-refractivity contribution in [1.29, 1.82) is 0 Å². The van der Waals surface area contributed by atoms with Crippen LogP contribution in [0.3, 0.4) is 0 Å². The van der Waals surface area contributed by atoms with Crippen molar-refractivity contribution >= 4 is 12.8 Å². The van der Waals surface area contributed by atoms with Crippen LogP contribution in [0.25, 0.3) is 0 Å². The molecule has 2 fully saturated rings. The lowest BCUT2D eigenvalue weighted by Crippen LogP contribution is -2.31. The maximum Gasteiger partial charge on any atom is 0.265 e. The molecule has 0 bridgehead atoms. The third kappa shape index (κ3) is 2.75. The summed E-state index contributed by atoms with van der Waals surface area (Å²) in [5, 5.41) is 0. The monoisotopic (exact) mass is 255 g/mol. The maximum atomic E-state index is 12.3. The fourth-order valence-electron chi connectivity index (χ4n) is 4.05. The van der Waals surface area contributed by atoms with Gasteiger partial charge < -0.3 is 0 Å². The highest BCUT2D eigenvalue weighted by atomic mass is 31.2.